The van der Waals surface area contributed by atoms with Gasteiger partial charge in [0, 0.05) is 24.7 Å². The van der Waals surface area contributed by atoms with Crippen LogP contribution in [0, 0.1) is 5.82 Å². The van der Waals surface area contributed by atoms with Gasteiger partial charge in [0.1, 0.15) is 18.1 Å². The topological polar surface area (TPSA) is 93.5 Å². The summed E-state index contributed by atoms with van der Waals surface area (Å²) in [5.41, 5.74) is 0.958. The van der Waals surface area contributed by atoms with Gasteiger partial charge in [0.25, 0.3) is 5.56 Å². The van der Waals surface area contributed by atoms with Crippen LogP contribution in [0.5, 0.6) is 5.75 Å². The van der Waals surface area contributed by atoms with E-state index < -0.39 is 17.3 Å². The van der Waals surface area contributed by atoms with E-state index in [0.29, 0.717) is 35.6 Å². The van der Waals surface area contributed by atoms with E-state index in [0.717, 1.165) is 17.1 Å². The first-order valence-corrected chi connectivity index (χ1v) is 9.39. The largest absolute Gasteiger partial charge is 0.494 e. The molecule has 1 N–H and O–H groups in total. The average Bonchev–Trinajstić information content (AvgIpc) is 3.16. The molecule has 9 heteroatoms. The molecular formula is C21H19FN4O4. The highest BCUT2D eigenvalue weighted by molar-refractivity contribution is 5.98. The Bertz CT molecular complexity index is 1210. The Morgan fingerprint density at radius 2 is 2.07 bits per heavy atom. The highest BCUT2D eigenvalue weighted by Crippen LogP contribution is 2.33. The Kier molecular flexibility index (Phi) is 5.18. The Hall–Kier alpha value is -3.75. The van der Waals surface area contributed by atoms with Crippen molar-refractivity contribution in [1.82, 2.24) is 9.55 Å². The molecule has 1 saturated heterocycles. The van der Waals surface area contributed by atoms with Crippen molar-refractivity contribution in [1.29, 1.82) is 0 Å². The third-order valence-electron chi connectivity index (χ3n) is 4.93. The van der Waals surface area contributed by atoms with Crippen molar-refractivity contribution in [3.05, 3.63) is 58.9 Å². The van der Waals surface area contributed by atoms with Crippen molar-refractivity contribution in [2.75, 3.05) is 23.9 Å². The molecule has 0 atom stereocenters. The summed E-state index contributed by atoms with van der Waals surface area (Å²) in [6.45, 7) is 0.340. The number of methoxy groups -OCH3 is 1. The lowest BCUT2D eigenvalue weighted by atomic mass is 10.2. The minimum atomic E-state index is -0.549. The number of hydrogen-bond donors (Lipinski definition) is 1. The zero-order valence-corrected chi connectivity index (χ0v) is 16.2. The van der Waals surface area contributed by atoms with Crippen molar-refractivity contribution in [3.8, 4) is 5.75 Å². The number of fused-ring (bicyclic) bond motifs is 1. The second-order valence-corrected chi connectivity index (χ2v) is 6.92. The number of nitrogens with one attached hydrogen (secondary N) is 1. The lowest BCUT2D eigenvalue weighted by Gasteiger charge is -2.19. The molecule has 3 aromatic rings. The maximum atomic E-state index is 13.4. The third kappa shape index (κ3) is 3.73. The van der Waals surface area contributed by atoms with Crippen LogP contribution in [0.1, 0.15) is 12.8 Å². The van der Waals surface area contributed by atoms with Gasteiger partial charge in [0.05, 0.1) is 30.0 Å². The second-order valence-electron chi connectivity index (χ2n) is 6.92. The van der Waals surface area contributed by atoms with Crippen LogP contribution in [0.4, 0.5) is 15.8 Å². The van der Waals surface area contributed by atoms with E-state index in [-0.39, 0.29) is 17.8 Å². The van der Waals surface area contributed by atoms with Gasteiger partial charge in [0.2, 0.25) is 11.8 Å². The number of anilines is 2. The number of hydrogen-bond acceptors (Lipinski definition) is 5. The Balaban J connectivity index is 1.53. The van der Waals surface area contributed by atoms with Crippen LogP contribution in [0.15, 0.2) is 47.5 Å². The zero-order valence-electron chi connectivity index (χ0n) is 16.2. The summed E-state index contributed by atoms with van der Waals surface area (Å²) in [6, 6.07) is 8.73. The summed E-state index contributed by atoms with van der Waals surface area (Å²) in [4.78, 5) is 42.7. The summed E-state index contributed by atoms with van der Waals surface area (Å²) >= 11 is 0. The molecule has 1 aromatic heterocycles. The van der Waals surface area contributed by atoms with E-state index in [2.05, 4.69) is 10.3 Å². The normalized spacial score (nSPS) is 13.7. The van der Waals surface area contributed by atoms with E-state index in [1.165, 1.54) is 25.6 Å². The maximum absolute atomic E-state index is 13.4. The van der Waals surface area contributed by atoms with E-state index in [1.807, 2.05) is 0 Å². The van der Waals surface area contributed by atoms with Crippen LogP contribution in [-0.4, -0.2) is 35.0 Å². The summed E-state index contributed by atoms with van der Waals surface area (Å²) in [5, 5.41) is 2.80. The first-order valence-electron chi connectivity index (χ1n) is 9.39. The molecule has 2 aromatic carbocycles. The predicted octanol–water partition coefficient (Wildman–Crippen LogP) is 2.31. The van der Waals surface area contributed by atoms with Crippen molar-refractivity contribution < 1.29 is 18.7 Å². The predicted molar refractivity (Wildman–Crippen MR) is 109 cm³/mol. The minimum Gasteiger partial charge on any atom is -0.494 e. The Labute approximate surface area is 170 Å². The molecule has 0 bridgehead atoms. The van der Waals surface area contributed by atoms with Crippen molar-refractivity contribution in [2.24, 2.45) is 0 Å². The first kappa shape index (κ1) is 19.6. The van der Waals surface area contributed by atoms with Crippen molar-refractivity contribution >= 4 is 34.1 Å². The van der Waals surface area contributed by atoms with E-state index >= 15 is 0 Å². The smallest absolute Gasteiger partial charge is 0.261 e. The SMILES string of the molecule is COc1cc(NC(=O)Cn2cnc3ccc(F)cc3c2=O)ccc1N1CCCC1=O. The van der Waals surface area contributed by atoms with Gasteiger partial charge in [-0.05, 0) is 36.8 Å². The number of carbonyl (C=O) groups is 2. The molecule has 0 saturated carbocycles. The molecular weight excluding hydrogens is 391 g/mol. The number of aromatic nitrogens is 2. The fourth-order valence-corrected chi connectivity index (χ4v) is 3.48. The van der Waals surface area contributed by atoms with Crippen molar-refractivity contribution in [3.63, 3.8) is 0 Å². The van der Waals surface area contributed by atoms with Crippen LogP contribution < -0.4 is 20.5 Å². The van der Waals surface area contributed by atoms with Gasteiger partial charge in [-0.15, -0.1) is 0 Å². The Morgan fingerprint density at radius 1 is 1.23 bits per heavy atom. The van der Waals surface area contributed by atoms with Crippen LogP contribution in [0.3, 0.4) is 0 Å². The average molecular weight is 410 g/mol. The molecule has 8 nitrogen and oxygen atoms in total. The number of benzene rings is 2. The molecule has 0 aliphatic carbocycles. The summed E-state index contributed by atoms with van der Waals surface area (Å²) in [5.74, 6) is -0.512. The molecule has 30 heavy (non-hydrogen) atoms. The monoisotopic (exact) mass is 410 g/mol. The standard InChI is InChI=1S/C21H19FN4O4/c1-30-18-10-14(5-7-17(18)26-8-2-3-20(26)28)24-19(27)11-25-12-23-16-6-4-13(22)9-15(16)21(25)29/h4-7,9-10,12H,2-3,8,11H2,1H3,(H,24,27). The second kappa shape index (κ2) is 7.94. The number of ether oxygens (including phenoxy) is 1. The lowest BCUT2D eigenvalue weighted by Crippen LogP contribution is -2.28. The van der Waals surface area contributed by atoms with Gasteiger partial charge < -0.3 is 15.0 Å². The zero-order chi connectivity index (χ0) is 21.3. The van der Waals surface area contributed by atoms with Crippen molar-refractivity contribution in [2.45, 2.75) is 19.4 Å². The third-order valence-corrected chi connectivity index (χ3v) is 4.93. The van der Waals surface area contributed by atoms with Crippen LogP contribution in [0.25, 0.3) is 10.9 Å². The van der Waals surface area contributed by atoms with Gasteiger partial charge >= 0.3 is 0 Å². The molecule has 0 radical (unpaired) electrons. The number of nitrogens with zero attached hydrogens (tertiary/aromatic N) is 3. The molecule has 0 unspecified atom stereocenters. The fourth-order valence-electron chi connectivity index (χ4n) is 3.48. The van der Waals surface area contributed by atoms with Gasteiger partial charge in [-0.3, -0.25) is 19.0 Å². The number of carbonyl (C=O) groups excluding carboxylic acids is 2. The van der Waals surface area contributed by atoms with E-state index in [4.69, 9.17) is 4.74 Å². The molecule has 2 heterocycles. The van der Waals surface area contributed by atoms with Crippen LogP contribution in [-0.2, 0) is 16.1 Å². The quantitative estimate of drug-likeness (QED) is 0.697. The molecule has 4 rings (SSSR count). The van der Waals surface area contributed by atoms with Gasteiger partial charge in [0.15, 0.2) is 0 Å². The molecule has 1 aliphatic rings. The summed E-state index contributed by atoms with van der Waals surface area (Å²) in [6.07, 6.45) is 2.55. The molecule has 1 fully saturated rings. The number of amides is 2. The molecule has 1 aliphatic heterocycles. The van der Waals surface area contributed by atoms with Gasteiger partial charge in [-0.25, -0.2) is 9.37 Å². The highest BCUT2D eigenvalue weighted by atomic mass is 19.1. The van der Waals surface area contributed by atoms with Crippen LogP contribution in [0.2, 0.25) is 0 Å². The maximum Gasteiger partial charge on any atom is 0.261 e. The summed E-state index contributed by atoms with van der Waals surface area (Å²) in [7, 11) is 1.49. The molecule has 2 amide bonds. The first-order chi connectivity index (χ1) is 14.5. The fraction of sp³-hybridized carbons (Fsp3) is 0.238. The lowest BCUT2D eigenvalue weighted by molar-refractivity contribution is -0.117. The van der Waals surface area contributed by atoms with Gasteiger partial charge in [-0.2, -0.15) is 0 Å². The molecule has 154 valence electrons. The molecule has 0 spiro atoms. The summed E-state index contributed by atoms with van der Waals surface area (Å²) < 4.78 is 19.9. The Morgan fingerprint density at radius 3 is 2.80 bits per heavy atom. The number of rotatable bonds is 5. The number of halogens is 1. The van der Waals surface area contributed by atoms with Crippen LogP contribution >= 0.6 is 0 Å². The highest BCUT2D eigenvalue weighted by Gasteiger charge is 2.24. The van der Waals surface area contributed by atoms with Gasteiger partial charge in [-0.1, -0.05) is 0 Å². The minimum absolute atomic E-state index is 0.0321. The van der Waals surface area contributed by atoms with E-state index in [9.17, 15) is 18.8 Å². The van der Waals surface area contributed by atoms with E-state index in [1.54, 1.807) is 23.1 Å².